The van der Waals surface area contributed by atoms with Gasteiger partial charge in [0.1, 0.15) is 11.6 Å². The van der Waals surface area contributed by atoms with E-state index in [0.29, 0.717) is 0 Å². The van der Waals surface area contributed by atoms with Crippen molar-refractivity contribution in [1.29, 1.82) is 0 Å². The Morgan fingerprint density at radius 2 is 1.94 bits per heavy atom. The molecule has 0 aliphatic carbocycles. The lowest BCUT2D eigenvalue weighted by molar-refractivity contribution is 0.415. The van der Waals surface area contributed by atoms with Gasteiger partial charge in [-0.15, -0.1) is 17.0 Å². The first-order valence-electron chi connectivity index (χ1n) is 6.00. The first kappa shape index (κ1) is 13.1. The molecule has 1 aliphatic heterocycles. The van der Waals surface area contributed by atoms with E-state index >= 15 is 0 Å². The van der Waals surface area contributed by atoms with Crippen molar-refractivity contribution in [2.24, 2.45) is 0 Å². The number of ether oxygens (including phenoxy) is 1. The number of hydrogen-bond acceptors (Lipinski definition) is 2. The van der Waals surface area contributed by atoms with Crippen LogP contribution >= 0.6 is 17.0 Å². The molecular formula is C14H17BrN2O. The fourth-order valence-corrected chi connectivity index (χ4v) is 2.50. The van der Waals surface area contributed by atoms with Gasteiger partial charge >= 0.3 is 0 Å². The number of methoxy groups -OCH3 is 1. The molecule has 0 fully saturated rings. The van der Waals surface area contributed by atoms with Gasteiger partial charge in [-0.3, -0.25) is 0 Å². The SMILES string of the molecule is Br.COc1ccc(-c2nc3n(c2C)CCC3)cc1. The summed E-state index contributed by atoms with van der Waals surface area (Å²) in [6.07, 6.45) is 2.34. The van der Waals surface area contributed by atoms with Crippen LogP contribution in [-0.2, 0) is 13.0 Å². The van der Waals surface area contributed by atoms with Crippen molar-refractivity contribution in [3.05, 3.63) is 35.8 Å². The normalized spacial score (nSPS) is 13.0. The predicted molar refractivity (Wildman–Crippen MR) is 77.6 cm³/mol. The lowest BCUT2D eigenvalue weighted by Gasteiger charge is -2.04. The van der Waals surface area contributed by atoms with Gasteiger partial charge in [0.25, 0.3) is 0 Å². The van der Waals surface area contributed by atoms with Gasteiger partial charge in [-0.25, -0.2) is 4.98 Å². The van der Waals surface area contributed by atoms with Crippen LogP contribution in [0, 0.1) is 6.92 Å². The Bertz CT molecular complexity index is 546. The number of aryl methyl sites for hydroxylation is 1. The van der Waals surface area contributed by atoms with Crippen LogP contribution in [0.4, 0.5) is 0 Å². The second kappa shape index (κ2) is 5.14. The van der Waals surface area contributed by atoms with Gasteiger partial charge in [-0.2, -0.15) is 0 Å². The molecule has 4 heteroatoms. The molecule has 18 heavy (non-hydrogen) atoms. The summed E-state index contributed by atoms with van der Waals surface area (Å²) in [5.41, 5.74) is 3.57. The minimum atomic E-state index is 0. The molecular weight excluding hydrogens is 292 g/mol. The van der Waals surface area contributed by atoms with Gasteiger partial charge in [0.2, 0.25) is 0 Å². The highest BCUT2D eigenvalue weighted by atomic mass is 79.9. The lowest BCUT2D eigenvalue weighted by atomic mass is 10.1. The summed E-state index contributed by atoms with van der Waals surface area (Å²) >= 11 is 0. The summed E-state index contributed by atoms with van der Waals surface area (Å²) in [5, 5.41) is 0. The number of hydrogen-bond donors (Lipinski definition) is 0. The summed E-state index contributed by atoms with van der Waals surface area (Å²) in [4.78, 5) is 4.74. The first-order valence-corrected chi connectivity index (χ1v) is 6.00. The van der Waals surface area contributed by atoms with E-state index in [0.717, 1.165) is 24.4 Å². The Labute approximate surface area is 118 Å². The number of benzene rings is 1. The molecule has 1 aromatic carbocycles. The van der Waals surface area contributed by atoms with Crippen molar-refractivity contribution in [2.45, 2.75) is 26.3 Å². The highest BCUT2D eigenvalue weighted by Crippen LogP contribution is 2.28. The van der Waals surface area contributed by atoms with Gasteiger partial charge in [-0.1, -0.05) is 0 Å². The quantitative estimate of drug-likeness (QED) is 0.850. The molecule has 2 aromatic rings. The van der Waals surface area contributed by atoms with E-state index in [1.165, 1.54) is 23.5 Å². The van der Waals surface area contributed by atoms with Crippen LogP contribution < -0.4 is 4.74 Å². The van der Waals surface area contributed by atoms with Crippen LogP contribution in [0.1, 0.15) is 17.9 Å². The maximum absolute atomic E-state index is 5.17. The van der Waals surface area contributed by atoms with E-state index in [1.54, 1.807) is 7.11 Å². The van der Waals surface area contributed by atoms with Crippen molar-refractivity contribution in [1.82, 2.24) is 9.55 Å². The van der Waals surface area contributed by atoms with Crippen LogP contribution in [0.25, 0.3) is 11.3 Å². The maximum Gasteiger partial charge on any atom is 0.118 e. The number of nitrogens with zero attached hydrogens (tertiary/aromatic N) is 2. The van der Waals surface area contributed by atoms with Gasteiger partial charge in [-0.05, 0) is 37.6 Å². The molecule has 96 valence electrons. The third-order valence-electron chi connectivity index (χ3n) is 3.45. The zero-order valence-electron chi connectivity index (χ0n) is 10.6. The average molecular weight is 309 g/mol. The molecule has 0 atom stereocenters. The molecule has 0 unspecified atom stereocenters. The topological polar surface area (TPSA) is 27.1 Å². The fourth-order valence-electron chi connectivity index (χ4n) is 2.50. The maximum atomic E-state index is 5.17. The van der Waals surface area contributed by atoms with Gasteiger partial charge in [0.05, 0.1) is 12.8 Å². The van der Waals surface area contributed by atoms with E-state index in [-0.39, 0.29) is 17.0 Å². The largest absolute Gasteiger partial charge is 0.497 e. The first-order chi connectivity index (χ1) is 8.29. The minimum Gasteiger partial charge on any atom is -0.497 e. The molecule has 1 aromatic heterocycles. The lowest BCUT2D eigenvalue weighted by Crippen LogP contribution is -1.94. The third-order valence-corrected chi connectivity index (χ3v) is 3.45. The van der Waals surface area contributed by atoms with Crippen LogP contribution in [0.15, 0.2) is 24.3 Å². The highest BCUT2D eigenvalue weighted by Gasteiger charge is 2.18. The van der Waals surface area contributed by atoms with Crippen molar-refractivity contribution in [3.63, 3.8) is 0 Å². The second-order valence-electron chi connectivity index (χ2n) is 4.45. The van der Waals surface area contributed by atoms with Gasteiger partial charge < -0.3 is 9.30 Å². The number of rotatable bonds is 2. The molecule has 0 spiro atoms. The van der Waals surface area contributed by atoms with Crippen molar-refractivity contribution < 1.29 is 4.74 Å². The molecule has 0 N–H and O–H groups in total. The summed E-state index contributed by atoms with van der Waals surface area (Å²) in [6.45, 7) is 3.27. The Balaban J connectivity index is 0.00000120. The molecule has 0 bridgehead atoms. The summed E-state index contributed by atoms with van der Waals surface area (Å²) in [5.74, 6) is 2.12. The zero-order valence-corrected chi connectivity index (χ0v) is 12.4. The number of aromatic nitrogens is 2. The summed E-state index contributed by atoms with van der Waals surface area (Å²) < 4.78 is 7.50. The van der Waals surface area contributed by atoms with Crippen LogP contribution in [0.2, 0.25) is 0 Å². The Morgan fingerprint density at radius 1 is 1.22 bits per heavy atom. The van der Waals surface area contributed by atoms with Crippen LogP contribution in [-0.4, -0.2) is 16.7 Å². The standard InChI is InChI=1S/C14H16N2O.BrH/c1-10-14(15-13-4-3-9-16(10)13)11-5-7-12(17-2)8-6-11;/h5-8H,3-4,9H2,1-2H3;1H. The minimum absolute atomic E-state index is 0. The molecule has 0 saturated heterocycles. The Morgan fingerprint density at radius 3 is 2.56 bits per heavy atom. The van der Waals surface area contributed by atoms with E-state index in [9.17, 15) is 0 Å². The van der Waals surface area contributed by atoms with Gasteiger partial charge in [0, 0.05) is 24.2 Å². The van der Waals surface area contributed by atoms with Gasteiger partial charge in [0.15, 0.2) is 0 Å². The molecule has 2 heterocycles. The molecule has 1 aliphatic rings. The summed E-state index contributed by atoms with van der Waals surface area (Å²) in [6, 6.07) is 8.12. The molecule has 0 amide bonds. The monoisotopic (exact) mass is 308 g/mol. The molecule has 3 nitrogen and oxygen atoms in total. The van der Waals surface area contributed by atoms with Crippen molar-refractivity contribution >= 4 is 17.0 Å². The number of imidazole rings is 1. The Hall–Kier alpha value is -1.29. The average Bonchev–Trinajstić information content (AvgIpc) is 2.93. The van der Waals surface area contributed by atoms with Crippen LogP contribution in [0.5, 0.6) is 5.75 Å². The molecule has 0 saturated carbocycles. The second-order valence-corrected chi connectivity index (χ2v) is 4.45. The summed E-state index contributed by atoms with van der Waals surface area (Å²) in [7, 11) is 1.69. The number of halogens is 1. The van der Waals surface area contributed by atoms with E-state index in [4.69, 9.17) is 9.72 Å². The number of fused-ring (bicyclic) bond motifs is 1. The smallest absolute Gasteiger partial charge is 0.118 e. The third kappa shape index (κ3) is 2.05. The van der Waals surface area contributed by atoms with E-state index < -0.39 is 0 Å². The fraction of sp³-hybridized carbons (Fsp3) is 0.357. The molecule has 0 radical (unpaired) electrons. The van der Waals surface area contributed by atoms with E-state index in [2.05, 4.69) is 23.6 Å². The Kier molecular flexibility index (Phi) is 3.76. The van der Waals surface area contributed by atoms with Crippen LogP contribution in [0.3, 0.4) is 0 Å². The van der Waals surface area contributed by atoms with Crippen molar-refractivity contribution in [3.8, 4) is 17.0 Å². The zero-order chi connectivity index (χ0) is 11.8. The van der Waals surface area contributed by atoms with E-state index in [1.807, 2.05) is 12.1 Å². The predicted octanol–water partition coefficient (Wildman–Crippen LogP) is 3.39. The highest BCUT2D eigenvalue weighted by molar-refractivity contribution is 8.93. The molecule has 3 rings (SSSR count). The van der Waals surface area contributed by atoms with Crippen molar-refractivity contribution in [2.75, 3.05) is 7.11 Å².